The number of methoxy groups -OCH3 is 2. The Kier molecular flexibility index (Phi) is 4.67. The van der Waals surface area contributed by atoms with Gasteiger partial charge >= 0.3 is 0 Å². The lowest BCUT2D eigenvalue weighted by Gasteiger charge is -2.27. The molecule has 1 aliphatic heterocycles. The van der Waals surface area contributed by atoms with Gasteiger partial charge in [-0.15, -0.1) is 0 Å². The molecule has 3 rings (SSSR count). The zero-order valence-electron chi connectivity index (χ0n) is 13.6. The fraction of sp³-hybridized carbons (Fsp3) is 0.235. The molecule has 0 saturated carbocycles. The standard InChI is InChI=1S/C17H18BrN3O2S/c1-17(14-9-8-13(22-2)10-15(14)23-3)19-16(24)21(20-17)12-6-4-11(18)5-7-12/h4-10,20H,1-3H3,(H,19,24)/t17-/m1/s1. The second-order valence-electron chi connectivity index (χ2n) is 5.54. The Morgan fingerprint density at radius 3 is 2.42 bits per heavy atom. The molecule has 0 amide bonds. The quantitative estimate of drug-likeness (QED) is 0.755. The summed E-state index contributed by atoms with van der Waals surface area (Å²) in [6.45, 7) is 2.02. The molecule has 0 unspecified atom stereocenters. The molecule has 5 nitrogen and oxygen atoms in total. The van der Waals surface area contributed by atoms with E-state index in [0.717, 1.165) is 27.2 Å². The molecule has 0 radical (unpaired) electrons. The van der Waals surface area contributed by atoms with Crippen molar-refractivity contribution >= 4 is 38.9 Å². The largest absolute Gasteiger partial charge is 0.497 e. The zero-order chi connectivity index (χ0) is 17.3. The van der Waals surface area contributed by atoms with Gasteiger partial charge in [0.1, 0.15) is 17.2 Å². The van der Waals surface area contributed by atoms with Crippen LogP contribution in [0, 0.1) is 0 Å². The monoisotopic (exact) mass is 407 g/mol. The minimum Gasteiger partial charge on any atom is -0.497 e. The van der Waals surface area contributed by atoms with Gasteiger partial charge in [-0.25, -0.2) is 5.01 Å². The third-order valence-electron chi connectivity index (χ3n) is 3.93. The number of anilines is 1. The molecular weight excluding hydrogens is 390 g/mol. The van der Waals surface area contributed by atoms with Gasteiger partial charge in [-0.3, -0.25) is 0 Å². The lowest BCUT2D eigenvalue weighted by atomic mass is 10.0. The van der Waals surface area contributed by atoms with Crippen molar-refractivity contribution in [3.63, 3.8) is 0 Å². The van der Waals surface area contributed by atoms with Crippen molar-refractivity contribution in [3.05, 3.63) is 52.5 Å². The van der Waals surface area contributed by atoms with E-state index in [1.807, 2.05) is 54.4 Å². The van der Waals surface area contributed by atoms with E-state index in [1.165, 1.54) is 0 Å². The molecule has 0 bridgehead atoms. The Balaban J connectivity index is 1.95. The zero-order valence-corrected chi connectivity index (χ0v) is 16.0. The van der Waals surface area contributed by atoms with Gasteiger partial charge in [-0.05, 0) is 55.5 Å². The van der Waals surface area contributed by atoms with E-state index in [2.05, 4.69) is 26.7 Å². The molecule has 1 fully saturated rings. The van der Waals surface area contributed by atoms with E-state index in [1.54, 1.807) is 14.2 Å². The topological polar surface area (TPSA) is 45.8 Å². The number of hydrogen-bond donors (Lipinski definition) is 2. The van der Waals surface area contributed by atoms with E-state index < -0.39 is 5.66 Å². The highest BCUT2D eigenvalue weighted by molar-refractivity contribution is 9.10. The predicted molar refractivity (Wildman–Crippen MR) is 102 cm³/mol. The van der Waals surface area contributed by atoms with Crippen molar-refractivity contribution in [2.24, 2.45) is 0 Å². The van der Waals surface area contributed by atoms with Gasteiger partial charge in [-0.1, -0.05) is 15.9 Å². The Labute approximate surface area is 155 Å². The Bertz CT molecular complexity index is 769. The number of hydrazine groups is 1. The van der Waals surface area contributed by atoms with Gasteiger partial charge in [0, 0.05) is 16.1 Å². The van der Waals surface area contributed by atoms with Crippen LogP contribution < -0.4 is 25.2 Å². The maximum Gasteiger partial charge on any atom is 0.190 e. The summed E-state index contributed by atoms with van der Waals surface area (Å²) < 4.78 is 11.8. The maximum atomic E-state index is 5.53. The number of ether oxygens (including phenoxy) is 2. The van der Waals surface area contributed by atoms with Crippen molar-refractivity contribution < 1.29 is 9.47 Å². The van der Waals surface area contributed by atoms with Gasteiger partial charge in [0.05, 0.1) is 19.9 Å². The second kappa shape index (κ2) is 6.58. The average Bonchev–Trinajstić information content (AvgIpc) is 2.90. The molecule has 2 N–H and O–H groups in total. The molecule has 1 saturated heterocycles. The first-order valence-electron chi connectivity index (χ1n) is 7.35. The number of rotatable bonds is 4. The van der Waals surface area contributed by atoms with Gasteiger partial charge in [0.2, 0.25) is 0 Å². The second-order valence-corrected chi connectivity index (χ2v) is 6.85. The smallest absolute Gasteiger partial charge is 0.190 e. The third kappa shape index (κ3) is 3.07. The number of hydrogen-bond acceptors (Lipinski definition) is 4. The minimum atomic E-state index is -0.595. The number of benzene rings is 2. The highest BCUT2D eigenvalue weighted by atomic mass is 79.9. The highest BCUT2D eigenvalue weighted by Gasteiger charge is 2.40. The molecule has 2 aromatic carbocycles. The summed E-state index contributed by atoms with van der Waals surface area (Å²) in [5.41, 5.74) is 4.72. The molecule has 126 valence electrons. The van der Waals surface area contributed by atoms with Crippen molar-refractivity contribution in [2.45, 2.75) is 12.6 Å². The van der Waals surface area contributed by atoms with Crippen LogP contribution in [0.15, 0.2) is 46.9 Å². The fourth-order valence-corrected chi connectivity index (χ4v) is 3.30. The number of thiocarbonyl (C=S) groups is 1. The SMILES string of the molecule is COc1ccc([C@]2(C)NC(=S)N(c3ccc(Br)cc3)N2)c(OC)c1. The molecular formula is C17H18BrN3O2S. The normalized spacial score (nSPS) is 20.0. The lowest BCUT2D eigenvalue weighted by Crippen LogP contribution is -2.46. The van der Waals surface area contributed by atoms with Crippen LogP contribution in [0.25, 0.3) is 0 Å². The van der Waals surface area contributed by atoms with Gasteiger partial charge in [-0.2, -0.15) is 5.43 Å². The molecule has 2 aromatic rings. The summed E-state index contributed by atoms with van der Waals surface area (Å²) >= 11 is 8.95. The van der Waals surface area contributed by atoms with Gasteiger partial charge < -0.3 is 14.8 Å². The highest BCUT2D eigenvalue weighted by Crippen LogP contribution is 2.35. The summed E-state index contributed by atoms with van der Waals surface area (Å²) in [6, 6.07) is 13.6. The maximum absolute atomic E-state index is 5.53. The molecule has 1 aliphatic rings. The summed E-state index contributed by atoms with van der Waals surface area (Å²) in [5, 5.41) is 5.78. The number of nitrogens with zero attached hydrogens (tertiary/aromatic N) is 1. The van der Waals surface area contributed by atoms with E-state index in [9.17, 15) is 0 Å². The Morgan fingerprint density at radius 2 is 1.79 bits per heavy atom. The molecule has 1 heterocycles. The van der Waals surface area contributed by atoms with Crippen LogP contribution in [-0.2, 0) is 5.66 Å². The lowest BCUT2D eigenvalue weighted by molar-refractivity contribution is 0.345. The number of nitrogens with one attached hydrogen (secondary N) is 2. The van der Waals surface area contributed by atoms with Crippen LogP contribution in [0.5, 0.6) is 11.5 Å². The minimum absolute atomic E-state index is 0.595. The van der Waals surface area contributed by atoms with Crippen molar-refractivity contribution in [2.75, 3.05) is 19.2 Å². The van der Waals surface area contributed by atoms with Crippen LogP contribution in [0.2, 0.25) is 0 Å². The summed E-state index contributed by atoms with van der Waals surface area (Å²) in [4.78, 5) is 0. The molecule has 24 heavy (non-hydrogen) atoms. The van der Waals surface area contributed by atoms with E-state index in [0.29, 0.717) is 5.11 Å². The first-order valence-corrected chi connectivity index (χ1v) is 8.55. The molecule has 0 aliphatic carbocycles. The number of halogens is 1. The van der Waals surface area contributed by atoms with Crippen molar-refractivity contribution in [3.8, 4) is 11.5 Å². The van der Waals surface area contributed by atoms with Crippen LogP contribution in [0.1, 0.15) is 12.5 Å². The Hall–Kier alpha value is -1.83. The molecule has 7 heteroatoms. The predicted octanol–water partition coefficient (Wildman–Crippen LogP) is 3.54. The van der Waals surface area contributed by atoms with Gasteiger partial charge in [0.15, 0.2) is 5.11 Å². The summed E-state index contributed by atoms with van der Waals surface area (Å²) in [5.74, 6) is 1.46. The van der Waals surface area contributed by atoms with Gasteiger partial charge in [0.25, 0.3) is 0 Å². The van der Waals surface area contributed by atoms with Crippen molar-refractivity contribution in [1.29, 1.82) is 0 Å². The van der Waals surface area contributed by atoms with E-state index >= 15 is 0 Å². The van der Waals surface area contributed by atoms with Crippen LogP contribution in [-0.4, -0.2) is 19.3 Å². The molecule has 0 spiro atoms. The van der Waals surface area contributed by atoms with E-state index in [-0.39, 0.29) is 0 Å². The first-order chi connectivity index (χ1) is 11.5. The van der Waals surface area contributed by atoms with Crippen LogP contribution in [0.3, 0.4) is 0 Å². The first kappa shape index (κ1) is 17.0. The summed E-state index contributed by atoms with van der Waals surface area (Å²) in [6.07, 6.45) is 0. The third-order valence-corrected chi connectivity index (χ3v) is 4.74. The molecule has 1 atom stereocenters. The van der Waals surface area contributed by atoms with Crippen LogP contribution >= 0.6 is 28.1 Å². The summed E-state index contributed by atoms with van der Waals surface area (Å²) in [7, 11) is 3.27. The van der Waals surface area contributed by atoms with Crippen LogP contribution in [0.4, 0.5) is 5.69 Å². The van der Waals surface area contributed by atoms with Crippen molar-refractivity contribution in [1.82, 2.24) is 10.7 Å². The molecule has 0 aromatic heterocycles. The average molecular weight is 408 g/mol. The fourth-order valence-electron chi connectivity index (χ4n) is 2.68. The van der Waals surface area contributed by atoms with E-state index in [4.69, 9.17) is 21.7 Å². The Morgan fingerprint density at radius 1 is 1.08 bits per heavy atom.